The summed E-state index contributed by atoms with van der Waals surface area (Å²) in [6.45, 7) is 7.32. The summed E-state index contributed by atoms with van der Waals surface area (Å²) in [7, 11) is 0. The van der Waals surface area contributed by atoms with Crippen molar-refractivity contribution in [1.82, 2.24) is 4.90 Å². The second-order valence-electron chi connectivity index (χ2n) is 9.06. The number of carbonyl (C=O) groups excluding carboxylic acids is 1. The molecule has 5 rings (SSSR count). The molecule has 0 bridgehead atoms. The molecular weight excluding hydrogens is 432 g/mol. The first-order chi connectivity index (χ1) is 17.2. The van der Waals surface area contributed by atoms with Gasteiger partial charge in [-0.1, -0.05) is 60.7 Å². The van der Waals surface area contributed by atoms with Crippen LogP contribution < -0.4 is 9.64 Å². The Labute approximate surface area is 207 Å². The van der Waals surface area contributed by atoms with E-state index >= 15 is 0 Å². The minimum absolute atomic E-state index is 0.0428. The molecule has 0 aromatic heterocycles. The highest BCUT2D eigenvalue weighted by Crippen LogP contribution is 2.28. The van der Waals surface area contributed by atoms with Crippen LogP contribution in [0.2, 0.25) is 0 Å². The summed E-state index contributed by atoms with van der Waals surface area (Å²) in [5.74, 6) is 0.888. The van der Waals surface area contributed by atoms with Crippen molar-refractivity contribution in [1.29, 1.82) is 0 Å². The number of ether oxygens (including phenoxy) is 1. The Hall–Kier alpha value is -3.79. The fraction of sp³-hybridized carbons (Fsp3) is 0.258. The highest BCUT2D eigenvalue weighted by Gasteiger charge is 2.31. The van der Waals surface area contributed by atoms with Crippen molar-refractivity contribution in [2.24, 2.45) is 0 Å². The molecule has 4 nitrogen and oxygen atoms in total. The SMILES string of the molecule is CCN(CC)c1ccc(OCC2Cc3ccccc3CN2C(=O)c2cccc3ccccc23)cc1. The summed E-state index contributed by atoms with van der Waals surface area (Å²) in [6, 6.07) is 30.7. The van der Waals surface area contributed by atoms with Gasteiger partial charge in [0.1, 0.15) is 12.4 Å². The maximum Gasteiger partial charge on any atom is 0.255 e. The highest BCUT2D eigenvalue weighted by molar-refractivity contribution is 6.07. The van der Waals surface area contributed by atoms with Gasteiger partial charge >= 0.3 is 0 Å². The van der Waals surface area contributed by atoms with E-state index in [0.29, 0.717) is 13.2 Å². The monoisotopic (exact) mass is 464 g/mol. The number of nitrogens with zero attached hydrogens (tertiary/aromatic N) is 2. The topological polar surface area (TPSA) is 32.8 Å². The minimum atomic E-state index is -0.0428. The van der Waals surface area contributed by atoms with Crippen LogP contribution in [0.25, 0.3) is 10.8 Å². The van der Waals surface area contributed by atoms with Gasteiger partial charge < -0.3 is 14.5 Å². The second-order valence-corrected chi connectivity index (χ2v) is 9.06. The Morgan fingerprint density at radius 2 is 1.54 bits per heavy atom. The largest absolute Gasteiger partial charge is 0.491 e. The van der Waals surface area contributed by atoms with Crippen molar-refractivity contribution < 1.29 is 9.53 Å². The van der Waals surface area contributed by atoms with Gasteiger partial charge in [-0.3, -0.25) is 4.79 Å². The van der Waals surface area contributed by atoms with E-state index in [1.165, 1.54) is 16.8 Å². The molecule has 0 fully saturated rings. The number of carbonyl (C=O) groups is 1. The Kier molecular flexibility index (Phi) is 6.71. The molecule has 0 N–H and O–H groups in total. The lowest BCUT2D eigenvalue weighted by molar-refractivity contribution is 0.0568. The van der Waals surface area contributed by atoms with E-state index in [-0.39, 0.29) is 11.9 Å². The molecule has 1 atom stereocenters. The van der Waals surface area contributed by atoms with Crippen LogP contribution in [0.4, 0.5) is 5.69 Å². The quantitative estimate of drug-likeness (QED) is 0.320. The number of rotatable bonds is 7. The number of benzene rings is 4. The van der Waals surface area contributed by atoms with E-state index in [2.05, 4.69) is 61.2 Å². The van der Waals surface area contributed by atoms with Gasteiger partial charge in [-0.2, -0.15) is 0 Å². The van der Waals surface area contributed by atoms with Crippen LogP contribution in [0.3, 0.4) is 0 Å². The van der Waals surface area contributed by atoms with E-state index < -0.39 is 0 Å². The van der Waals surface area contributed by atoms with Crippen LogP contribution in [0.15, 0.2) is 91.0 Å². The fourth-order valence-electron chi connectivity index (χ4n) is 5.08. The first-order valence-electron chi connectivity index (χ1n) is 12.5. The third-order valence-corrected chi connectivity index (χ3v) is 7.04. The first kappa shape index (κ1) is 23.0. The zero-order valence-electron chi connectivity index (χ0n) is 20.5. The molecule has 4 aromatic rings. The molecule has 0 aliphatic carbocycles. The van der Waals surface area contributed by atoms with E-state index in [1.807, 2.05) is 53.4 Å². The van der Waals surface area contributed by atoms with Gasteiger partial charge in [0.05, 0.1) is 6.04 Å². The Morgan fingerprint density at radius 3 is 2.31 bits per heavy atom. The summed E-state index contributed by atoms with van der Waals surface area (Å²) >= 11 is 0. The molecular formula is C31H32N2O2. The van der Waals surface area contributed by atoms with Gasteiger partial charge in [0.15, 0.2) is 0 Å². The average molecular weight is 465 g/mol. The van der Waals surface area contributed by atoms with Crippen LogP contribution in [-0.2, 0) is 13.0 Å². The summed E-state index contributed by atoms with van der Waals surface area (Å²) < 4.78 is 6.25. The predicted molar refractivity (Wildman–Crippen MR) is 143 cm³/mol. The molecule has 1 unspecified atom stereocenters. The predicted octanol–water partition coefficient (Wildman–Crippen LogP) is 6.33. The van der Waals surface area contributed by atoms with E-state index in [4.69, 9.17) is 4.74 Å². The van der Waals surface area contributed by atoms with Gasteiger partial charge in [0.2, 0.25) is 0 Å². The van der Waals surface area contributed by atoms with Gasteiger partial charge in [0, 0.05) is 30.9 Å². The average Bonchev–Trinajstić information content (AvgIpc) is 2.92. The lowest BCUT2D eigenvalue weighted by Crippen LogP contribution is -2.47. The zero-order chi connectivity index (χ0) is 24.2. The van der Waals surface area contributed by atoms with Crippen molar-refractivity contribution >= 4 is 22.4 Å². The molecule has 4 heteroatoms. The first-order valence-corrected chi connectivity index (χ1v) is 12.5. The van der Waals surface area contributed by atoms with Crippen molar-refractivity contribution in [2.45, 2.75) is 32.9 Å². The number of anilines is 1. The minimum Gasteiger partial charge on any atom is -0.491 e. The lowest BCUT2D eigenvalue weighted by atomic mass is 9.93. The van der Waals surface area contributed by atoms with Crippen LogP contribution >= 0.6 is 0 Å². The third-order valence-electron chi connectivity index (χ3n) is 7.04. The molecule has 1 aliphatic heterocycles. The number of hydrogen-bond acceptors (Lipinski definition) is 3. The summed E-state index contributed by atoms with van der Waals surface area (Å²) in [4.78, 5) is 18.2. The van der Waals surface area contributed by atoms with Gasteiger partial charge in [-0.15, -0.1) is 0 Å². The smallest absolute Gasteiger partial charge is 0.255 e. The molecule has 0 saturated heterocycles. The van der Waals surface area contributed by atoms with Crippen molar-refractivity contribution in [3.05, 3.63) is 108 Å². The Balaban J connectivity index is 1.40. The van der Waals surface area contributed by atoms with Crippen molar-refractivity contribution in [2.75, 3.05) is 24.6 Å². The molecule has 1 aliphatic rings. The molecule has 0 spiro atoms. The van der Waals surface area contributed by atoms with Crippen LogP contribution in [0.1, 0.15) is 35.3 Å². The maximum atomic E-state index is 13.9. The van der Waals surface area contributed by atoms with Gasteiger partial charge in [-0.05, 0) is 72.5 Å². The zero-order valence-corrected chi connectivity index (χ0v) is 20.5. The van der Waals surface area contributed by atoms with E-state index in [0.717, 1.165) is 41.6 Å². The number of fused-ring (bicyclic) bond motifs is 2. The van der Waals surface area contributed by atoms with Gasteiger partial charge in [-0.25, -0.2) is 0 Å². The maximum absolute atomic E-state index is 13.9. The molecule has 4 aromatic carbocycles. The van der Waals surface area contributed by atoms with Crippen LogP contribution in [0.5, 0.6) is 5.75 Å². The Morgan fingerprint density at radius 1 is 0.857 bits per heavy atom. The normalized spacial score (nSPS) is 15.0. The highest BCUT2D eigenvalue weighted by atomic mass is 16.5. The number of amides is 1. The van der Waals surface area contributed by atoms with Gasteiger partial charge in [0.25, 0.3) is 5.91 Å². The van der Waals surface area contributed by atoms with Crippen molar-refractivity contribution in [3.8, 4) is 5.75 Å². The van der Waals surface area contributed by atoms with E-state index in [1.54, 1.807) is 0 Å². The molecule has 178 valence electrons. The molecule has 35 heavy (non-hydrogen) atoms. The summed E-state index contributed by atoms with van der Waals surface area (Å²) in [5, 5.41) is 2.07. The molecule has 0 saturated carbocycles. The summed E-state index contributed by atoms with van der Waals surface area (Å²) in [5.41, 5.74) is 4.44. The molecule has 1 amide bonds. The third kappa shape index (κ3) is 4.74. The van der Waals surface area contributed by atoms with Crippen molar-refractivity contribution in [3.63, 3.8) is 0 Å². The molecule has 0 radical (unpaired) electrons. The second kappa shape index (κ2) is 10.2. The lowest BCUT2D eigenvalue weighted by Gasteiger charge is -2.37. The number of hydrogen-bond donors (Lipinski definition) is 0. The molecule has 1 heterocycles. The summed E-state index contributed by atoms with van der Waals surface area (Å²) in [6.07, 6.45) is 0.782. The fourth-order valence-corrected chi connectivity index (χ4v) is 5.08. The van der Waals surface area contributed by atoms with Crippen LogP contribution in [0, 0.1) is 0 Å². The van der Waals surface area contributed by atoms with E-state index in [9.17, 15) is 4.79 Å². The Bertz CT molecular complexity index is 1310. The van der Waals surface area contributed by atoms with Crippen LogP contribution in [-0.4, -0.2) is 36.5 Å². The standard InChI is InChI=1S/C31H32N2O2/c1-3-32(4-2)26-16-18-28(19-17-26)35-22-27-20-24-11-5-6-12-25(24)21-33(27)31(34)30-15-9-13-23-10-7-8-14-29(23)30/h5-19,27H,3-4,20-22H2,1-2H3.